The van der Waals surface area contributed by atoms with E-state index in [0.29, 0.717) is 31.2 Å². The van der Waals surface area contributed by atoms with Gasteiger partial charge in [0.05, 0.1) is 37.6 Å². The number of nitrogens with one attached hydrogen (secondary N) is 10. The fourth-order valence-corrected chi connectivity index (χ4v) is 13.6. The second-order valence-corrected chi connectivity index (χ2v) is 28.2. The summed E-state index contributed by atoms with van der Waals surface area (Å²) in [6.07, 6.45) is -0.887. The molecule has 3 fully saturated rings. The number of amides is 13. The number of hydrogen-bond acceptors (Lipinski definition) is 22. The Balaban J connectivity index is 1.49. The Bertz CT molecular complexity index is 3600. The van der Waals surface area contributed by atoms with Crippen LogP contribution in [0.15, 0.2) is 41.5 Å². The van der Waals surface area contributed by atoms with Crippen molar-refractivity contribution in [1.29, 1.82) is 0 Å². The molecule has 0 aliphatic carbocycles. The summed E-state index contributed by atoms with van der Waals surface area (Å²) < 4.78 is 1.18. The fourth-order valence-electron chi connectivity index (χ4n) is 13.6. The maximum Gasteiger partial charge on any atom is 0.326 e. The van der Waals surface area contributed by atoms with Crippen LogP contribution < -0.4 is 76.1 Å². The standard InChI is InChI=1S/C70H109N21O19/c1-6-37(3)54-64(104)80-45(60(100)81-46(31-40-17-9-8-10-18-40)66(106)88-27-14-21-49(88)62(102)82-47(69(109)110)33-53(95)96)32-41-35-76-87-91(41)30-24-44(78-57(97)42(77-52(94)34-72)20-13-26-75-70(73)74)59(99)86-56(39(5)93)65(105)79-43(19-11-12-25-71)58(98)83-48(36-92)61(101)85-55(38(4)7-2)68(108)90-29-16-23-51(90)67(107)89-28-15-22-50(89)63(103)84-54/h8-10,17-18,35,37-39,42-51,54-56,92-93H,6-7,11-16,19-34,36,71-72H2,1-5H3,(H,77,94)(H,78,97)(H,79,105)(H,80,104)(H,81,100)(H,82,102)(H,83,98)(H,84,103)(H,85,101)(H,86,99)(H,95,96)(H,109,110)(H4,73,74,75)/t37-,38-,39+,42-,43-,44-,45-,46-,47-,48-,49-,50-,51-,54-,55-,56-/m0/s1. The van der Waals surface area contributed by atoms with Gasteiger partial charge in [0, 0.05) is 45.6 Å². The summed E-state index contributed by atoms with van der Waals surface area (Å²) in [6, 6.07) is -11.8. The molecule has 0 unspecified atom stereocenters. The summed E-state index contributed by atoms with van der Waals surface area (Å²) >= 11 is 0. The Labute approximate surface area is 636 Å². The van der Waals surface area contributed by atoms with E-state index in [4.69, 9.17) is 22.9 Å². The van der Waals surface area contributed by atoms with Gasteiger partial charge in [-0.2, -0.15) is 0 Å². The summed E-state index contributed by atoms with van der Waals surface area (Å²) in [4.78, 5) is 222. The van der Waals surface area contributed by atoms with Crippen LogP contribution in [0.4, 0.5) is 0 Å². The number of unbranched alkanes of at least 4 members (excludes halogenated alkanes) is 1. The number of aromatic nitrogens is 3. The van der Waals surface area contributed by atoms with Crippen LogP contribution in [0.1, 0.15) is 142 Å². The van der Waals surface area contributed by atoms with E-state index in [1.807, 2.05) is 0 Å². The predicted octanol–water partition coefficient (Wildman–Crippen LogP) is -6.55. The molecule has 16 atom stereocenters. The lowest BCUT2D eigenvalue weighted by Crippen LogP contribution is -2.62. The van der Waals surface area contributed by atoms with E-state index in [1.54, 1.807) is 58.0 Å². The number of aliphatic carboxylic acids is 2. The molecular weight excluding hydrogens is 1440 g/mol. The van der Waals surface area contributed by atoms with E-state index in [9.17, 15) is 78.0 Å². The average Bonchev–Trinajstić information content (AvgIpc) is 1.63. The van der Waals surface area contributed by atoms with E-state index in [-0.39, 0.29) is 109 Å². The zero-order chi connectivity index (χ0) is 81.1. The van der Waals surface area contributed by atoms with Crippen LogP contribution in [-0.4, -0.2) is 275 Å². The summed E-state index contributed by atoms with van der Waals surface area (Å²) in [6.45, 7) is 6.06. The monoisotopic (exact) mass is 1550 g/mol. The second kappa shape index (κ2) is 43.1. The highest BCUT2D eigenvalue weighted by atomic mass is 16.4. The van der Waals surface area contributed by atoms with Gasteiger partial charge in [-0.25, -0.2) is 9.48 Å². The number of carbonyl (C=O) groups excluding carboxylic acids is 13. The number of fused-ring (bicyclic) bond motifs is 3. The molecule has 0 spiro atoms. The first-order valence-electron chi connectivity index (χ1n) is 37.4. The van der Waals surface area contributed by atoms with Crippen LogP contribution in [0.2, 0.25) is 0 Å². The summed E-state index contributed by atoms with van der Waals surface area (Å²) in [5, 5.41) is 75.3. The number of aliphatic imine (C=N–C) groups is 1. The van der Waals surface area contributed by atoms with Crippen molar-refractivity contribution in [2.45, 2.75) is 235 Å². The number of hydrogen-bond donors (Lipinski definition) is 18. The number of carbonyl (C=O) groups is 15. The van der Waals surface area contributed by atoms with Crippen LogP contribution in [0.25, 0.3) is 0 Å². The molecular formula is C70H109N21O19. The number of benzene rings is 1. The number of aryl methyl sites for hydroxylation is 1. The van der Waals surface area contributed by atoms with E-state index in [0.717, 1.165) is 11.8 Å². The van der Waals surface area contributed by atoms with Crippen LogP contribution in [-0.2, 0) is 91.3 Å². The third-order valence-electron chi connectivity index (χ3n) is 20.2. The van der Waals surface area contributed by atoms with Gasteiger partial charge in [0.2, 0.25) is 76.8 Å². The first-order valence-corrected chi connectivity index (χ1v) is 37.4. The molecule has 110 heavy (non-hydrogen) atoms. The lowest BCUT2D eigenvalue weighted by atomic mass is 9.96. The Morgan fingerprint density at radius 2 is 1.25 bits per heavy atom. The molecule has 5 heterocycles. The van der Waals surface area contributed by atoms with Crippen molar-refractivity contribution >= 4 is 94.7 Å². The minimum Gasteiger partial charge on any atom is -0.481 e. The maximum atomic E-state index is 15.5. The number of aliphatic hydroxyl groups excluding tert-OH is 2. The topological polar surface area (TPSA) is 614 Å². The highest BCUT2D eigenvalue weighted by molar-refractivity contribution is 6.01. The van der Waals surface area contributed by atoms with Crippen molar-refractivity contribution in [1.82, 2.24) is 82.9 Å². The van der Waals surface area contributed by atoms with Gasteiger partial charge in [-0.05, 0) is 108 Å². The van der Waals surface area contributed by atoms with Crippen molar-refractivity contribution in [3.63, 3.8) is 0 Å². The van der Waals surface area contributed by atoms with Gasteiger partial charge in [0.1, 0.15) is 78.5 Å². The molecule has 4 aliphatic heterocycles. The Morgan fingerprint density at radius 1 is 0.645 bits per heavy atom. The second-order valence-electron chi connectivity index (χ2n) is 28.2. The van der Waals surface area contributed by atoms with E-state index < -0.39 is 224 Å². The molecule has 6 rings (SSSR count). The Hall–Kier alpha value is -10.5. The third kappa shape index (κ3) is 25.0. The fraction of sp³-hybridized carbons (Fsp3) is 0.657. The number of nitrogens with zero attached hydrogens (tertiary/aromatic N) is 7. The zero-order valence-corrected chi connectivity index (χ0v) is 62.7. The highest BCUT2D eigenvalue weighted by Gasteiger charge is 2.47. The van der Waals surface area contributed by atoms with Gasteiger partial charge in [-0.15, -0.1) is 5.10 Å². The summed E-state index contributed by atoms with van der Waals surface area (Å²) in [5.41, 5.74) is 23.0. The molecule has 0 radical (unpaired) electrons. The normalized spacial score (nSPS) is 24.6. The van der Waals surface area contributed by atoms with Crippen LogP contribution in [0.3, 0.4) is 0 Å². The predicted molar refractivity (Wildman–Crippen MR) is 391 cm³/mol. The lowest BCUT2D eigenvalue weighted by molar-refractivity contribution is -0.149. The van der Waals surface area contributed by atoms with Crippen molar-refractivity contribution in [3.05, 3.63) is 47.8 Å². The molecule has 2 aromatic rings. The SMILES string of the molecule is CC[C@H](C)[C@@H]1NC(=O)[C@@H]2CCCN2C(=O)[C@@H]2CCCN2C(=O)[C@H]([C@@H](C)CC)NC(=O)[C@H](CO)NC(=O)[C@H](CCCCN)NC(=O)[C@H]([C@@H](C)O)NC(=O)[C@@H](NC(=O)[C@H](CCCN=C(N)N)NC(=O)CN)CCn2nncc2C[C@@H](C(=O)N[C@@H](Cc2ccccc2)C(=O)N2CCC[C@H]2C(=O)N[C@@H](CC(=O)O)C(=O)O)NC1=O. The number of aliphatic hydroxyl groups is 2. The smallest absolute Gasteiger partial charge is 0.326 e. The Kier molecular flexibility index (Phi) is 34.6. The molecule has 3 saturated heterocycles. The first kappa shape index (κ1) is 88.4. The van der Waals surface area contributed by atoms with Crippen LogP contribution >= 0.6 is 0 Å². The van der Waals surface area contributed by atoms with E-state index >= 15 is 14.4 Å². The number of guanidine groups is 1. The van der Waals surface area contributed by atoms with Gasteiger partial charge < -0.3 is 111 Å². The Morgan fingerprint density at radius 3 is 1.88 bits per heavy atom. The molecule has 13 amide bonds. The van der Waals surface area contributed by atoms with Gasteiger partial charge in [0.15, 0.2) is 5.96 Å². The van der Waals surface area contributed by atoms with Crippen LogP contribution in [0, 0.1) is 11.8 Å². The van der Waals surface area contributed by atoms with Crippen molar-refractivity contribution in [2.75, 3.05) is 45.9 Å². The number of carboxylic acids is 2. The first-order chi connectivity index (χ1) is 52.4. The summed E-state index contributed by atoms with van der Waals surface area (Å²) in [7, 11) is 0. The quantitative estimate of drug-likeness (QED) is 0.0214. The lowest BCUT2D eigenvalue weighted by Gasteiger charge is -2.35. The van der Waals surface area contributed by atoms with Gasteiger partial charge in [0.25, 0.3) is 0 Å². The van der Waals surface area contributed by atoms with Crippen molar-refractivity contribution in [3.8, 4) is 0 Å². The third-order valence-corrected chi connectivity index (χ3v) is 20.2. The molecule has 40 nitrogen and oxygen atoms in total. The number of carboxylic acid groups (broad SMARTS) is 2. The zero-order valence-electron chi connectivity index (χ0n) is 62.7. The number of nitrogens with two attached hydrogens (primary N) is 4. The molecule has 1 aromatic heterocycles. The van der Waals surface area contributed by atoms with Crippen molar-refractivity contribution in [2.24, 2.45) is 39.8 Å². The molecule has 0 saturated carbocycles. The van der Waals surface area contributed by atoms with Gasteiger partial charge >= 0.3 is 11.9 Å². The van der Waals surface area contributed by atoms with Gasteiger partial charge in [-0.3, -0.25) is 72.1 Å². The molecule has 22 N–H and O–H groups in total. The highest BCUT2D eigenvalue weighted by Crippen LogP contribution is 2.28. The van der Waals surface area contributed by atoms with E-state index in [1.165, 1.54) is 20.7 Å². The van der Waals surface area contributed by atoms with Gasteiger partial charge in [-0.1, -0.05) is 76.1 Å². The maximum absolute atomic E-state index is 15.5. The largest absolute Gasteiger partial charge is 0.481 e. The average molecular weight is 1550 g/mol. The minimum absolute atomic E-state index is 0.00484. The molecule has 4 aliphatic rings. The molecule has 1 aromatic carbocycles. The molecule has 608 valence electrons. The van der Waals surface area contributed by atoms with Crippen molar-refractivity contribution < 1.29 is 92.3 Å². The molecule has 40 heteroatoms. The molecule has 0 bridgehead atoms. The minimum atomic E-state index is -1.94. The number of likely N-dealkylation sites (tertiary alicyclic amines) is 1. The van der Waals surface area contributed by atoms with E-state index in [2.05, 4.69) is 68.5 Å². The summed E-state index contributed by atoms with van der Waals surface area (Å²) in [5.74, 6) is -16.8. The number of rotatable bonds is 28. The van der Waals surface area contributed by atoms with Crippen LogP contribution in [0.5, 0.6) is 0 Å².